The largest absolute Gasteiger partial charge is 0.383 e. The van der Waals surface area contributed by atoms with E-state index in [4.69, 9.17) is 5.73 Å². The van der Waals surface area contributed by atoms with Crippen LogP contribution >= 0.6 is 0 Å². The van der Waals surface area contributed by atoms with Crippen molar-refractivity contribution in [3.05, 3.63) is 53.6 Å². The number of rotatable bonds is 2. The molecule has 0 aliphatic heterocycles. The fourth-order valence-corrected chi connectivity index (χ4v) is 2.23. The highest BCUT2D eigenvalue weighted by atomic mass is 15.1. The van der Waals surface area contributed by atoms with Crippen LogP contribution in [0.1, 0.15) is 11.1 Å². The lowest BCUT2D eigenvalue weighted by Crippen LogP contribution is -2.02. The van der Waals surface area contributed by atoms with E-state index in [0.29, 0.717) is 11.8 Å². The molecule has 3 aromatic rings. The van der Waals surface area contributed by atoms with Crippen molar-refractivity contribution >= 4 is 28.4 Å². The predicted octanol–water partition coefficient (Wildman–Crippen LogP) is 3.57. The van der Waals surface area contributed by atoms with Crippen molar-refractivity contribution in [2.75, 3.05) is 11.1 Å². The second kappa shape index (κ2) is 4.81. The van der Waals surface area contributed by atoms with Gasteiger partial charge in [0.2, 0.25) is 5.95 Å². The number of hydrogen-bond donors (Lipinski definition) is 2. The number of hydrogen-bond acceptors (Lipinski definition) is 4. The van der Waals surface area contributed by atoms with Crippen molar-refractivity contribution in [3.63, 3.8) is 0 Å². The zero-order valence-corrected chi connectivity index (χ0v) is 11.5. The molecule has 0 saturated heterocycles. The Labute approximate surface area is 117 Å². The molecule has 20 heavy (non-hydrogen) atoms. The van der Waals surface area contributed by atoms with Crippen LogP contribution in [0.15, 0.2) is 42.5 Å². The van der Waals surface area contributed by atoms with Gasteiger partial charge in [0, 0.05) is 11.1 Å². The van der Waals surface area contributed by atoms with Gasteiger partial charge < -0.3 is 11.1 Å². The van der Waals surface area contributed by atoms with Crippen LogP contribution in [0.25, 0.3) is 10.9 Å². The molecular formula is C16H16N4. The molecule has 3 rings (SSSR count). The molecule has 4 heteroatoms. The first kappa shape index (κ1) is 12.4. The monoisotopic (exact) mass is 264 g/mol. The molecule has 4 nitrogen and oxygen atoms in total. The molecule has 0 bridgehead atoms. The van der Waals surface area contributed by atoms with Gasteiger partial charge in [-0.25, -0.2) is 4.98 Å². The highest BCUT2D eigenvalue weighted by molar-refractivity contribution is 5.89. The van der Waals surface area contributed by atoms with Crippen LogP contribution in [0.2, 0.25) is 0 Å². The summed E-state index contributed by atoms with van der Waals surface area (Å²) in [5.74, 6) is 1.01. The van der Waals surface area contributed by atoms with Crippen LogP contribution in [0.5, 0.6) is 0 Å². The average molecular weight is 264 g/mol. The molecule has 0 atom stereocenters. The van der Waals surface area contributed by atoms with Gasteiger partial charge in [-0.15, -0.1) is 0 Å². The number of nitrogens with two attached hydrogens (primary N) is 1. The van der Waals surface area contributed by atoms with Gasteiger partial charge in [0.05, 0.1) is 5.52 Å². The van der Waals surface area contributed by atoms with Gasteiger partial charge in [-0.3, -0.25) is 0 Å². The van der Waals surface area contributed by atoms with Gasteiger partial charge in [-0.1, -0.05) is 29.8 Å². The molecule has 3 N–H and O–H groups in total. The SMILES string of the molecule is Cc1ccc(Nc2nc(N)c3ccccc3n2)c(C)c1. The Balaban J connectivity index is 2.02. The number of aromatic nitrogens is 2. The summed E-state index contributed by atoms with van der Waals surface area (Å²) in [6.45, 7) is 4.13. The molecule has 100 valence electrons. The van der Waals surface area contributed by atoms with Gasteiger partial charge in [-0.05, 0) is 37.6 Å². The maximum absolute atomic E-state index is 5.98. The number of para-hydroxylation sites is 1. The molecule has 0 radical (unpaired) electrons. The summed E-state index contributed by atoms with van der Waals surface area (Å²) in [5, 5.41) is 4.10. The Morgan fingerprint density at radius 3 is 2.60 bits per heavy atom. The topological polar surface area (TPSA) is 63.8 Å². The summed E-state index contributed by atoms with van der Waals surface area (Å²) in [6.07, 6.45) is 0. The third-order valence-electron chi connectivity index (χ3n) is 3.26. The Hall–Kier alpha value is -2.62. The van der Waals surface area contributed by atoms with Crippen LogP contribution in [-0.2, 0) is 0 Å². The minimum Gasteiger partial charge on any atom is -0.383 e. The lowest BCUT2D eigenvalue weighted by atomic mass is 10.1. The first-order valence-electron chi connectivity index (χ1n) is 6.50. The first-order chi connectivity index (χ1) is 9.63. The van der Waals surface area contributed by atoms with Gasteiger partial charge >= 0.3 is 0 Å². The Kier molecular flexibility index (Phi) is 2.99. The number of aryl methyl sites for hydroxylation is 2. The van der Waals surface area contributed by atoms with E-state index in [1.54, 1.807) is 0 Å². The number of nitrogen functional groups attached to an aromatic ring is 1. The van der Waals surface area contributed by atoms with E-state index in [1.807, 2.05) is 30.3 Å². The van der Waals surface area contributed by atoms with Gasteiger partial charge in [0.15, 0.2) is 0 Å². The Bertz CT molecular complexity index is 781. The maximum atomic E-state index is 5.98. The summed E-state index contributed by atoms with van der Waals surface area (Å²) >= 11 is 0. The Morgan fingerprint density at radius 1 is 1.00 bits per heavy atom. The van der Waals surface area contributed by atoms with E-state index in [1.165, 1.54) is 5.56 Å². The second-order valence-corrected chi connectivity index (χ2v) is 4.89. The molecule has 1 aromatic heterocycles. The molecule has 0 aliphatic carbocycles. The summed E-state index contributed by atoms with van der Waals surface area (Å²) in [6, 6.07) is 13.9. The molecule has 0 fully saturated rings. The number of anilines is 3. The number of nitrogens with zero attached hydrogens (tertiary/aromatic N) is 2. The molecule has 0 saturated carbocycles. The van der Waals surface area contributed by atoms with Crippen molar-refractivity contribution < 1.29 is 0 Å². The average Bonchev–Trinajstić information content (AvgIpc) is 2.42. The normalized spacial score (nSPS) is 10.7. The third kappa shape index (κ3) is 2.28. The first-order valence-corrected chi connectivity index (χ1v) is 6.50. The summed E-state index contributed by atoms with van der Waals surface area (Å²) in [5.41, 5.74) is 10.2. The minimum absolute atomic E-state index is 0.489. The van der Waals surface area contributed by atoms with Crippen molar-refractivity contribution in [2.45, 2.75) is 13.8 Å². The van der Waals surface area contributed by atoms with Crippen LogP contribution in [0.3, 0.4) is 0 Å². The molecule has 2 aromatic carbocycles. The highest BCUT2D eigenvalue weighted by Gasteiger charge is 2.06. The smallest absolute Gasteiger partial charge is 0.229 e. The van der Waals surface area contributed by atoms with Crippen molar-refractivity contribution in [1.29, 1.82) is 0 Å². The summed E-state index contributed by atoms with van der Waals surface area (Å²) in [7, 11) is 0. The van der Waals surface area contributed by atoms with Gasteiger partial charge in [-0.2, -0.15) is 4.98 Å². The van der Waals surface area contributed by atoms with E-state index in [2.05, 4.69) is 41.3 Å². The van der Waals surface area contributed by atoms with E-state index < -0.39 is 0 Å². The van der Waals surface area contributed by atoms with E-state index in [9.17, 15) is 0 Å². The fraction of sp³-hybridized carbons (Fsp3) is 0.125. The molecular weight excluding hydrogens is 248 g/mol. The summed E-state index contributed by atoms with van der Waals surface area (Å²) in [4.78, 5) is 8.81. The standard InChI is InChI=1S/C16H16N4/c1-10-7-8-13(11(2)9-10)18-16-19-14-6-4-3-5-12(14)15(17)20-16/h3-9H,1-2H3,(H3,17,18,19,20). The molecule has 0 aliphatic rings. The van der Waals surface area contributed by atoms with Crippen LogP contribution in [0, 0.1) is 13.8 Å². The van der Waals surface area contributed by atoms with Crippen LogP contribution in [0.4, 0.5) is 17.5 Å². The van der Waals surface area contributed by atoms with E-state index in [-0.39, 0.29) is 0 Å². The van der Waals surface area contributed by atoms with Crippen molar-refractivity contribution in [3.8, 4) is 0 Å². The third-order valence-corrected chi connectivity index (χ3v) is 3.26. The molecule has 0 amide bonds. The zero-order valence-electron chi connectivity index (χ0n) is 11.5. The lowest BCUT2D eigenvalue weighted by Gasteiger charge is -2.10. The van der Waals surface area contributed by atoms with Crippen LogP contribution < -0.4 is 11.1 Å². The molecule has 0 spiro atoms. The molecule has 1 heterocycles. The van der Waals surface area contributed by atoms with Crippen molar-refractivity contribution in [1.82, 2.24) is 9.97 Å². The minimum atomic E-state index is 0.489. The fourth-order valence-electron chi connectivity index (χ4n) is 2.23. The highest BCUT2D eigenvalue weighted by Crippen LogP contribution is 2.23. The number of nitrogens with one attached hydrogen (secondary N) is 1. The maximum Gasteiger partial charge on any atom is 0.229 e. The second-order valence-electron chi connectivity index (χ2n) is 4.89. The number of fused-ring (bicyclic) bond motifs is 1. The predicted molar refractivity (Wildman–Crippen MR) is 83.1 cm³/mol. The van der Waals surface area contributed by atoms with Gasteiger partial charge in [0.1, 0.15) is 5.82 Å². The Morgan fingerprint density at radius 2 is 1.80 bits per heavy atom. The zero-order chi connectivity index (χ0) is 14.1. The van der Waals surface area contributed by atoms with E-state index in [0.717, 1.165) is 22.2 Å². The van der Waals surface area contributed by atoms with E-state index >= 15 is 0 Å². The lowest BCUT2D eigenvalue weighted by molar-refractivity contribution is 1.21. The molecule has 0 unspecified atom stereocenters. The van der Waals surface area contributed by atoms with Gasteiger partial charge in [0.25, 0.3) is 0 Å². The summed E-state index contributed by atoms with van der Waals surface area (Å²) < 4.78 is 0. The quantitative estimate of drug-likeness (QED) is 0.742. The van der Waals surface area contributed by atoms with Crippen LogP contribution in [-0.4, -0.2) is 9.97 Å². The van der Waals surface area contributed by atoms with Crippen molar-refractivity contribution in [2.24, 2.45) is 0 Å². The number of benzene rings is 2.